The van der Waals surface area contributed by atoms with Crippen LogP contribution in [0.3, 0.4) is 0 Å². The van der Waals surface area contributed by atoms with Gasteiger partial charge in [-0.05, 0) is 13.1 Å². The number of esters is 1. The molecule has 0 aliphatic rings. The van der Waals surface area contributed by atoms with E-state index in [0.29, 0.717) is 6.54 Å². The Morgan fingerprint density at radius 2 is 2.28 bits per heavy atom. The van der Waals surface area contributed by atoms with Crippen molar-refractivity contribution in [2.24, 2.45) is 0 Å². The van der Waals surface area contributed by atoms with Crippen molar-refractivity contribution < 1.29 is 14.3 Å². The van der Waals surface area contributed by atoms with Crippen molar-refractivity contribution in [3.8, 4) is 0 Å². The zero-order valence-corrected chi connectivity index (χ0v) is 9.86. The van der Waals surface area contributed by atoms with Crippen molar-refractivity contribution in [2.45, 2.75) is 6.42 Å². The molecule has 98 valence electrons. The molecule has 8 nitrogen and oxygen atoms in total. The third-order valence-corrected chi connectivity index (χ3v) is 1.89. The lowest BCUT2D eigenvalue weighted by atomic mass is 10.4. The van der Waals surface area contributed by atoms with Crippen LogP contribution in [0.25, 0.3) is 0 Å². The number of rotatable bonds is 6. The molecule has 1 aromatic heterocycles. The Bertz CT molecular complexity index is 471. The van der Waals surface area contributed by atoms with Gasteiger partial charge in [-0.3, -0.25) is 14.6 Å². The second-order valence-corrected chi connectivity index (χ2v) is 3.35. The third kappa shape index (κ3) is 5.21. The Balaban J connectivity index is 2.34. The minimum absolute atomic E-state index is 0.190. The summed E-state index contributed by atoms with van der Waals surface area (Å²) in [5.74, 6) is -0.802. The van der Waals surface area contributed by atoms with Crippen LogP contribution in [0.15, 0.2) is 17.1 Å². The van der Waals surface area contributed by atoms with E-state index in [1.807, 2.05) is 0 Å². The van der Waals surface area contributed by atoms with Crippen molar-refractivity contribution in [3.63, 3.8) is 0 Å². The number of aromatic amines is 1. The van der Waals surface area contributed by atoms with Crippen LogP contribution in [0.4, 0.5) is 5.82 Å². The number of aromatic nitrogens is 2. The summed E-state index contributed by atoms with van der Waals surface area (Å²) in [6.45, 7) is 0.0883. The maximum Gasteiger partial charge on any atom is 0.346 e. The van der Waals surface area contributed by atoms with Gasteiger partial charge in [-0.25, -0.2) is 9.78 Å². The molecular weight excluding hydrogens is 240 g/mol. The van der Waals surface area contributed by atoms with Crippen LogP contribution < -0.4 is 16.3 Å². The highest BCUT2D eigenvalue weighted by atomic mass is 16.5. The molecule has 0 spiro atoms. The zero-order valence-electron chi connectivity index (χ0n) is 9.86. The fourth-order valence-electron chi connectivity index (χ4n) is 1.07. The molecule has 0 unspecified atom stereocenters. The van der Waals surface area contributed by atoms with Gasteiger partial charge in [-0.1, -0.05) is 0 Å². The van der Waals surface area contributed by atoms with Gasteiger partial charge in [-0.15, -0.1) is 0 Å². The molecule has 0 bridgehead atoms. The van der Waals surface area contributed by atoms with Gasteiger partial charge in [0.05, 0.1) is 6.42 Å². The Morgan fingerprint density at radius 3 is 2.94 bits per heavy atom. The first kappa shape index (κ1) is 13.8. The lowest BCUT2D eigenvalue weighted by Gasteiger charge is -2.05. The van der Waals surface area contributed by atoms with Crippen LogP contribution in [-0.2, 0) is 14.3 Å². The molecule has 0 aliphatic carbocycles. The van der Waals surface area contributed by atoms with Gasteiger partial charge < -0.3 is 15.4 Å². The molecule has 3 N–H and O–H groups in total. The van der Waals surface area contributed by atoms with E-state index in [-0.39, 0.29) is 12.2 Å². The summed E-state index contributed by atoms with van der Waals surface area (Å²) in [5, 5.41) is 5.15. The Kier molecular flexibility index (Phi) is 5.52. The Morgan fingerprint density at radius 1 is 1.50 bits per heavy atom. The van der Waals surface area contributed by atoms with E-state index in [0.717, 1.165) is 0 Å². The van der Waals surface area contributed by atoms with Gasteiger partial charge >= 0.3 is 11.7 Å². The van der Waals surface area contributed by atoms with Crippen LogP contribution in [0, 0.1) is 0 Å². The number of hydrogen-bond acceptors (Lipinski definition) is 6. The van der Waals surface area contributed by atoms with Crippen molar-refractivity contribution in [3.05, 3.63) is 22.7 Å². The zero-order chi connectivity index (χ0) is 13.4. The van der Waals surface area contributed by atoms with Crippen molar-refractivity contribution in [2.75, 3.05) is 25.5 Å². The summed E-state index contributed by atoms with van der Waals surface area (Å²) < 4.78 is 4.71. The molecule has 8 heteroatoms. The molecular formula is C10H14N4O4. The molecule has 0 saturated carbocycles. The number of amides is 1. The summed E-state index contributed by atoms with van der Waals surface area (Å²) >= 11 is 0. The quantitative estimate of drug-likeness (QED) is 0.553. The summed E-state index contributed by atoms with van der Waals surface area (Å²) in [6.07, 6.45) is 1.45. The van der Waals surface area contributed by atoms with E-state index in [1.165, 1.54) is 12.3 Å². The molecule has 0 aromatic carbocycles. The number of ether oxygens (including phenoxy) is 1. The van der Waals surface area contributed by atoms with Crippen LogP contribution >= 0.6 is 0 Å². The first-order chi connectivity index (χ1) is 8.61. The number of carbonyl (C=O) groups is 2. The first-order valence-corrected chi connectivity index (χ1v) is 5.27. The molecule has 0 fully saturated rings. The summed E-state index contributed by atoms with van der Waals surface area (Å²) in [7, 11) is 1.71. The Hall–Kier alpha value is -2.22. The van der Waals surface area contributed by atoms with E-state index < -0.39 is 24.2 Å². The van der Waals surface area contributed by atoms with Gasteiger partial charge in [0.1, 0.15) is 5.82 Å². The van der Waals surface area contributed by atoms with Crippen LogP contribution in [0.5, 0.6) is 0 Å². The molecule has 18 heavy (non-hydrogen) atoms. The number of carbonyl (C=O) groups excluding carboxylic acids is 2. The first-order valence-electron chi connectivity index (χ1n) is 5.27. The largest absolute Gasteiger partial charge is 0.456 e. The number of nitrogens with zero attached hydrogens (tertiary/aromatic N) is 1. The van der Waals surface area contributed by atoms with E-state index in [9.17, 15) is 14.4 Å². The Labute approximate surface area is 103 Å². The highest BCUT2D eigenvalue weighted by Crippen LogP contribution is 1.96. The van der Waals surface area contributed by atoms with Crippen LogP contribution in [0.2, 0.25) is 0 Å². The summed E-state index contributed by atoms with van der Waals surface area (Å²) in [6, 6.07) is 1.42. The van der Waals surface area contributed by atoms with Gasteiger partial charge in [-0.2, -0.15) is 0 Å². The van der Waals surface area contributed by atoms with E-state index >= 15 is 0 Å². The smallest absolute Gasteiger partial charge is 0.346 e. The van der Waals surface area contributed by atoms with Crippen LogP contribution in [0.1, 0.15) is 6.42 Å². The number of nitrogens with one attached hydrogen (secondary N) is 3. The highest BCUT2D eigenvalue weighted by Gasteiger charge is 2.07. The lowest BCUT2D eigenvalue weighted by molar-refractivity contribution is -0.147. The van der Waals surface area contributed by atoms with Crippen molar-refractivity contribution in [1.82, 2.24) is 15.3 Å². The second-order valence-electron chi connectivity index (χ2n) is 3.35. The summed E-state index contributed by atoms with van der Waals surface area (Å²) in [4.78, 5) is 39.0. The van der Waals surface area contributed by atoms with Gasteiger partial charge in [0.25, 0.3) is 5.91 Å². The molecule has 0 aliphatic heterocycles. The topological polar surface area (TPSA) is 113 Å². The molecule has 1 heterocycles. The summed E-state index contributed by atoms with van der Waals surface area (Å²) in [5.41, 5.74) is -0.571. The molecule has 1 aromatic rings. The molecule has 0 radical (unpaired) electrons. The van der Waals surface area contributed by atoms with Gasteiger partial charge in [0, 0.05) is 12.7 Å². The maximum absolute atomic E-state index is 11.4. The molecule has 0 saturated heterocycles. The molecule has 0 atom stereocenters. The van der Waals surface area contributed by atoms with Gasteiger partial charge in [0.15, 0.2) is 6.61 Å². The highest BCUT2D eigenvalue weighted by molar-refractivity contribution is 5.91. The monoisotopic (exact) mass is 254 g/mol. The number of H-pyrrole nitrogens is 1. The number of hydrogen-bond donors (Lipinski definition) is 3. The van der Waals surface area contributed by atoms with Gasteiger partial charge in [0.2, 0.25) is 0 Å². The third-order valence-electron chi connectivity index (χ3n) is 1.89. The molecule has 1 amide bonds. The standard InChI is InChI=1S/C10H14N4O4/c1-11-4-3-9(16)18-6-8(15)13-7-2-5-12-10(17)14-7/h2,5,11H,3-4,6H2,1H3,(H2,12,13,14,15,17). The lowest BCUT2D eigenvalue weighted by Crippen LogP contribution is -2.24. The van der Waals surface area contributed by atoms with E-state index in [2.05, 4.69) is 20.6 Å². The average molecular weight is 254 g/mol. The normalized spacial score (nSPS) is 9.83. The average Bonchev–Trinajstić information content (AvgIpc) is 2.34. The minimum atomic E-state index is -0.571. The van der Waals surface area contributed by atoms with Crippen molar-refractivity contribution >= 4 is 17.7 Å². The fourth-order valence-corrected chi connectivity index (χ4v) is 1.07. The second kappa shape index (κ2) is 7.17. The van der Waals surface area contributed by atoms with Crippen LogP contribution in [-0.4, -0.2) is 42.0 Å². The van der Waals surface area contributed by atoms with Crippen molar-refractivity contribution in [1.29, 1.82) is 0 Å². The predicted molar refractivity (Wildman–Crippen MR) is 63.0 cm³/mol. The SMILES string of the molecule is CNCCC(=O)OCC(=O)Nc1ccnc(=O)[nH]1. The molecule has 1 rings (SSSR count). The minimum Gasteiger partial charge on any atom is -0.456 e. The predicted octanol–water partition coefficient (Wildman–Crippen LogP) is -1.14. The fraction of sp³-hybridized carbons (Fsp3) is 0.400. The number of anilines is 1. The maximum atomic E-state index is 11.4. The van der Waals surface area contributed by atoms with E-state index in [1.54, 1.807) is 7.05 Å². The van der Waals surface area contributed by atoms with E-state index in [4.69, 9.17) is 4.74 Å².